The molecule has 0 saturated heterocycles. The highest BCUT2D eigenvalue weighted by atomic mass is 16.6. The quantitative estimate of drug-likeness (QED) is 0.787. The Kier molecular flexibility index (Phi) is 6.89. The molecule has 5 heteroatoms. The molecular formula is C17H25NO4. The molecule has 0 heterocycles. The third-order valence-corrected chi connectivity index (χ3v) is 3.01. The first-order valence-corrected chi connectivity index (χ1v) is 7.52. The van der Waals surface area contributed by atoms with Crippen LogP contribution in [0.1, 0.15) is 46.1 Å². The van der Waals surface area contributed by atoms with Crippen LogP contribution in [-0.2, 0) is 14.3 Å². The Bertz CT molecular complexity index is 494. The molecule has 122 valence electrons. The minimum absolute atomic E-state index is 0.00405. The van der Waals surface area contributed by atoms with Gasteiger partial charge in [-0.3, -0.25) is 4.79 Å². The number of ether oxygens (including phenoxy) is 2. The van der Waals surface area contributed by atoms with Crippen molar-refractivity contribution in [3.05, 3.63) is 29.8 Å². The Morgan fingerprint density at radius 1 is 1.05 bits per heavy atom. The minimum Gasteiger partial charge on any atom is -0.482 e. The van der Waals surface area contributed by atoms with Gasteiger partial charge in [0.25, 0.3) is 5.91 Å². The summed E-state index contributed by atoms with van der Waals surface area (Å²) in [5.74, 6) is 0.156. The Morgan fingerprint density at radius 2 is 1.64 bits per heavy atom. The number of hydrogen-bond donors (Lipinski definition) is 1. The average Bonchev–Trinajstić information content (AvgIpc) is 2.44. The van der Waals surface area contributed by atoms with E-state index in [-0.39, 0.29) is 18.6 Å². The normalized spacial score (nSPS) is 12.1. The van der Waals surface area contributed by atoms with E-state index >= 15 is 0 Å². The summed E-state index contributed by atoms with van der Waals surface area (Å²) in [5, 5.41) is 2.68. The summed E-state index contributed by atoms with van der Waals surface area (Å²) in [6.07, 6.45) is -0.832. The highest BCUT2D eigenvalue weighted by Gasteiger charge is 2.18. The molecule has 1 aromatic carbocycles. The van der Waals surface area contributed by atoms with Gasteiger partial charge in [0.2, 0.25) is 0 Å². The van der Waals surface area contributed by atoms with Crippen LogP contribution in [0.25, 0.3) is 0 Å². The SMILES string of the molecule is CC(C)NC(=O)[C@H](C)OC(=O)COc1ccc(C(C)C)cc1. The maximum atomic E-state index is 11.7. The van der Waals surface area contributed by atoms with Gasteiger partial charge in [-0.1, -0.05) is 26.0 Å². The molecule has 0 aliphatic rings. The summed E-state index contributed by atoms with van der Waals surface area (Å²) in [7, 11) is 0. The number of carbonyl (C=O) groups is 2. The molecule has 0 bridgehead atoms. The van der Waals surface area contributed by atoms with Crippen LogP contribution in [0, 0.1) is 0 Å². The van der Waals surface area contributed by atoms with Crippen LogP contribution in [0.3, 0.4) is 0 Å². The van der Waals surface area contributed by atoms with E-state index in [9.17, 15) is 9.59 Å². The molecule has 0 aliphatic carbocycles. The van der Waals surface area contributed by atoms with Crippen molar-refractivity contribution in [3.8, 4) is 5.75 Å². The van der Waals surface area contributed by atoms with Crippen LogP contribution in [0.5, 0.6) is 5.75 Å². The lowest BCUT2D eigenvalue weighted by molar-refractivity contribution is -0.156. The predicted octanol–water partition coefficient (Wildman–Crippen LogP) is 2.65. The van der Waals surface area contributed by atoms with Crippen LogP contribution in [0.4, 0.5) is 0 Å². The van der Waals surface area contributed by atoms with E-state index in [4.69, 9.17) is 9.47 Å². The molecule has 1 amide bonds. The van der Waals surface area contributed by atoms with Crippen molar-refractivity contribution in [1.82, 2.24) is 5.32 Å². The van der Waals surface area contributed by atoms with E-state index in [0.29, 0.717) is 11.7 Å². The smallest absolute Gasteiger partial charge is 0.344 e. The van der Waals surface area contributed by atoms with Crippen molar-refractivity contribution in [2.24, 2.45) is 0 Å². The van der Waals surface area contributed by atoms with E-state index in [1.54, 1.807) is 0 Å². The fourth-order valence-corrected chi connectivity index (χ4v) is 1.78. The van der Waals surface area contributed by atoms with Crippen molar-refractivity contribution in [2.75, 3.05) is 6.61 Å². The lowest BCUT2D eigenvalue weighted by atomic mass is 10.0. The van der Waals surface area contributed by atoms with Gasteiger partial charge in [-0.2, -0.15) is 0 Å². The second-order valence-electron chi connectivity index (χ2n) is 5.81. The summed E-state index contributed by atoms with van der Waals surface area (Å²) in [6.45, 7) is 9.22. The zero-order chi connectivity index (χ0) is 16.7. The molecule has 0 spiro atoms. The van der Waals surface area contributed by atoms with E-state index in [1.807, 2.05) is 38.1 Å². The van der Waals surface area contributed by atoms with Gasteiger partial charge in [-0.05, 0) is 44.4 Å². The summed E-state index contributed by atoms with van der Waals surface area (Å²) < 4.78 is 10.4. The van der Waals surface area contributed by atoms with Gasteiger partial charge >= 0.3 is 5.97 Å². The number of benzene rings is 1. The van der Waals surface area contributed by atoms with Crippen LogP contribution in [-0.4, -0.2) is 30.6 Å². The Hall–Kier alpha value is -2.04. The molecule has 0 aromatic heterocycles. The topological polar surface area (TPSA) is 64.6 Å². The third-order valence-electron chi connectivity index (χ3n) is 3.01. The van der Waals surface area contributed by atoms with Gasteiger partial charge in [0, 0.05) is 6.04 Å². The van der Waals surface area contributed by atoms with Crippen molar-refractivity contribution in [2.45, 2.75) is 52.7 Å². The molecule has 1 aromatic rings. The second-order valence-corrected chi connectivity index (χ2v) is 5.81. The molecule has 5 nitrogen and oxygen atoms in total. The van der Waals surface area contributed by atoms with Crippen molar-refractivity contribution in [3.63, 3.8) is 0 Å². The number of hydrogen-bond acceptors (Lipinski definition) is 4. The van der Waals surface area contributed by atoms with Gasteiger partial charge in [-0.15, -0.1) is 0 Å². The average molecular weight is 307 g/mol. The van der Waals surface area contributed by atoms with Gasteiger partial charge in [-0.25, -0.2) is 4.79 Å². The Labute approximate surface area is 132 Å². The van der Waals surface area contributed by atoms with Crippen LogP contribution >= 0.6 is 0 Å². The van der Waals surface area contributed by atoms with Crippen molar-refractivity contribution in [1.29, 1.82) is 0 Å². The first-order chi connectivity index (χ1) is 10.3. The second kappa shape index (κ2) is 8.41. The first kappa shape index (κ1) is 18.0. The fraction of sp³-hybridized carbons (Fsp3) is 0.529. The number of rotatable bonds is 7. The fourth-order valence-electron chi connectivity index (χ4n) is 1.78. The zero-order valence-corrected chi connectivity index (χ0v) is 13.9. The molecule has 0 saturated carbocycles. The van der Waals surface area contributed by atoms with Crippen LogP contribution in [0.15, 0.2) is 24.3 Å². The maximum absolute atomic E-state index is 11.7. The summed E-state index contributed by atoms with van der Waals surface area (Å²) in [5.41, 5.74) is 1.20. The summed E-state index contributed by atoms with van der Waals surface area (Å²) >= 11 is 0. The van der Waals surface area contributed by atoms with Crippen molar-refractivity contribution >= 4 is 11.9 Å². The molecule has 22 heavy (non-hydrogen) atoms. The van der Waals surface area contributed by atoms with Crippen LogP contribution < -0.4 is 10.1 Å². The minimum atomic E-state index is -0.832. The van der Waals surface area contributed by atoms with E-state index in [0.717, 1.165) is 0 Å². The van der Waals surface area contributed by atoms with E-state index in [1.165, 1.54) is 12.5 Å². The standard InChI is InChI=1S/C17H25NO4/c1-11(2)14-6-8-15(9-7-14)21-10-16(19)22-13(5)17(20)18-12(3)4/h6-9,11-13H,10H2,1-5H3,(H,18,20)/t13-/m0/s1. The molecule has 0 fully saturated rings. The molecule has 1 rings (SSSR count). The van der Waals surface area contributed by atoms with Gasteiger partial charge in [0.1, 0.15) is 5.75 Å². The first-order valence-electron chi connectivity index (χ1n) is 7.52. The number of carbonyl (C=O) groups excluding carboxylic acids is 2. The monoisotopic (exact) mass is 307 g/mol. The van der Waals surface area contributed by atoms with Gasteiger partial charge in [0.15, 0.2) is 12.7 Å². The highest BCUT2D eigenvalue weighted by Crippen LogP contribution is 2.18. The number of amides is 1. The highest BCUT2D eigenvalue weighted by molar-refractivity contribution is 5.83. The zero-order valence-electron chi connectivity index (χ0n) is 13.9. The number of nitrogens with one attached hydrogen (secondary N) is 1. The largest absolute Gasteiger partial charge is 0.482 e. The summed E-state index contributed by atoms with van der Waals surface area (Å²) in [6, 6.07) is 7.56. The molecule has 0 radical (unpaired) electrons. The van der Waals surface area contributed by atoms with Crippen molar-refractivity contribution < 1.29 is 19.1 Å². The van der Waals surface area contributed by atoms with Gasteiger partial charge in [0.05, 0.1) is 0 Å². The summed E-state index contributed by atoms with van der Waals surface area (Å²) in [4.78, 5) is 23.3. The molecule has 1 N–H and O–H groups in total. The molecule has 1 atom stereocenters. The number of esters is 1. The Balaban J connectivity index is 2.41. The predicted molar refractivity (Wildman–Crippen MR) is 84.9 cm³/mol. The Morgan fingerprint density at radius 3 is 2.14 bits per heavy atom. The lowest BCUT2D eigenvalue weighted by Gasteiger charge is -2.15. The lowest BCUT2D eigenvalue weighted by Crippen LogP contribution is -2.40. The van der Waals surface area contributed by atoms with E-state index < -0.39 is 12.1 Å². The van der Waals surface area contributed by atoms with Gasteiger partial charge < -0.3 is 14.8 Å². The third kappa shape index (κ3) is 6.16. The maximum Gasteiger partial charge on any atom is 0.344 e. The van der Waals surface area contributed by atoms with E-state index in [2.05, 4.69) is 19.2 Å². The molecule has 0 unspecified atom stereocenters. The molecular weight excluding hydrogens is 282 g/mol. The van der Waals surface area contributed by atoms with Crippen LogP contribution in [0.2, 0.25) is 0 Å². The molecule has 0 aliphatic heterocycles.